The summed E-state index contributed by atoms with van der Waals surface area (Å²) >= 11 is 5.71. The van der Waals surface area contributed by atoms with Crippen molar-refractivity contribution in [2.24, 2.45) is 0 Å². The molecule has 1 saturated heterocycles. The fourth-order valence-electron chi connectivity index (χ4n) is 4.13. The van der Waals surface area contributed by atoms with Gasteiger partial charge in [0.05, 0.1) is 21.1 Å². The molecule has 2 heterocycles. The lowest BCUT2D eigenvalue weighted by Gasteiger charge is -2.43. The second-order valence-electron chi connectivity index (χ2n) is 8.66. The number of alkyl halides is 2. The largest absolute Gasteiger partial charge is 0.358 e. The number of halogens is 3. The molecule has 0 spiro atoms. The van der Waals surface area contributed by atoms with E-state index >= 15 is 0 Å². The van der Waals surface area contributed by atoms with Gasteiger partial charge < -0.3 is 15.0 Å². The number of rotatable bonds is 5. The summed E-state index contributed by atoms with van der Waals surface area (Å²) in [6.07, 6.45) is -0.287. The van der Waals surface area contributed by atoms with Gasteiger partial charge in [-0.05, 0) is 41.1 Å². The van der Waals surface area contributed by atoms with Crippen LogP contribution >= 0.6 is 11.6 Å². The molecule has 1 N–H and O–H groups in total. The maximum atomic E-state index is 14.7. The average molecular weight is 501 g/mol. The summed E-state index contributed by atoms with van der Waals surface area (Å²) in [6, 6.07) is 8.37. The third kappa shape index (κ3) is 4.23. The molecule has 2 aromatic rings. The highest BCUT2D eigenvalue weighted by Gasteiger charge is 2.50. The standard InChI is InChI=1S/C22H14B4ClF2N3O4/c23-20(8-7-16(33)32(26)19(20)36)31-10-11-9-13(3-6-15(11)17(31)34)22(24,25)30-18(35)21(28,29)12-1-4-14(27)5-2-12/h1-6,9H,7-8,10H2,(H,30,35)/t20-/m0/s1. The lowest BCUT2D eigenvalue weighted by atomic mass is 9.57. The van der Waals surface area contributed by atoms with Gasteiger partial charge in [0, 0.05) is 29.1 Å². The van der Waals surface area contributed by atoms with Gasteiger partial charge in [0.2, 0.25) is 19.8 Å². The van der Waals surface area contributed by atoms with E-state index in [2.05, 4.69) is 0 Å². The number of benzene rings is 2. The molecule has 2 aromatic carbocycles. The van der Waals surface area contributed by atoms with E-state index in [1.807, 2.05) is 5.32 Å². The fourth-order valence-corrected chi connectivity index (χ4v) is 4.25. The predicted octanol–water partition coefficient (Wildman–Crippen LogP) is 0.749. The van der Waals surface area contributed by atoms with Crippen LogP contribution in [0.25, 0.3) is 0 Å². The summed E-state index contributed by atoms with van der Waals surface area (Å²) in [5.41, 5.74) is -1.99. The zero-order valence-electron chi connectivity index (χ0n) is 18.6. The minimum atomic E-state index is -3.98. The van der Waals surface area contributed by atoms with E-state index in [9.17, 15) is 28.0 Å². The van der Waals surface area contributed by atoms with Crippen LogP contribution in [0, 0.1) is 0 Å². The van der Waals surface area contributed by atoms with Crippen LogP contribution in [-0.4, -0.2) is 70.3 Å². The average Bonchev–Trinajstić information content (AvgIpc) is 3.17. The van der Waals surface area contributed by atoms with Crippen molar-refractivity contribution >= 4 is 66.7 Å². The van der Waals surface area contributed by atoms with Gasteiger partial charge in [-0.15, -0.1) is 0 Å². The lowest BCUT2D eigenvalue weighted by Crippen LogP contribution is -2.64. The van der Waals surface area contributed by atoms with Crippen LogP contribution in [0.3, 0.4) is 0 Å². The first-order valence-corrected chi connectivity index (χ1v) is 11.0. The maximum absolute atomic E-state index is 14.7. The Kier molecular flexibility index (Phi) is 6.35. The molecule has 2 aliphatic rings. The summed E-state index contributed by atoms with van der Waals surface area (Å²) < 4.78 is 29.4. The Morgan fingerprint density at radius 1 is 1.06 bits per heavy atom. The second kappa shape index (κ2) is 8.80. The Bertz CT molecular complexity index is 1290. The minimum absolute atomic E-state index is 0.00725. The van der Waals surface area contributed by atoms with Gasteiger partial charge in [0.25, 0.3) is 11.8 Å². The molecule has 7 nitrogen and oxygen atoms in total. The Hall–Kier alpha value is -3.07. The third-order valence-corrected chi connectivity index (χ3v) is 6.51. The van der Waals surface area contributed by atoms with Gasteiger partial charge in [-0.2, -0.15) is 8.78 Å². The first-order chi connectivity index (χ1) is 16.7. The molecular formula is C22H14B4ClF2N3O4. The number of hydrogen-bond acceptors (Lipinski definition) is 4. The molecule has 2 aliphatic heterocycles. The molecule has 174 valence electrons. The van der Waals surface area contributed by atoms with Crippen molar-refractivity contribution in [3.05, 3.63) is 69.7 Å². The van der Waals surface area contributed by atoms with Crippen molar-refractivity contribution in [2.75, 3.05) is 0 Å². The van der Waals surface area contributed by atoms with Crippen LogP contribution in [0.1, 0.15) is 39.9 Å². The number of nitrogens with zero attached hydrogens (tertiary/aromatic N) is 2. The lowest BCUT2D eigenvalue weighted by molar-refractivity contribution is -0.148. The molecule has 8 radical (unpaired) electrons. The van der Waals surface area contributed by atoms with E-state index < -0.39 is 45.9 Å². The quantitative estimate of drug-likeness (QED) is 0.485. The number of carbonyl (C=O) groups excluding carboxylic acids is 4. The molecule has 14 heteroatoms. The fraction of sp³-hybridized carbons (Fsp3) is 0.273. The first-order valence-electron chi connectivity index (χ1n) is 10.6. The minimum Gasteiger partial charge on any atom is -0.358 e. The van der Waals surface area contributed by atoms with E-state index in [-0.39, 0.29) is 35.5 Å². The summed E-state index contributed by atoms with van der Waals surface area (Å²) in [4.78, 5) is 51.2. The maximum Gasteiger partial charge on any atom is 0.349 e. The molecular weight excluding hydrogens is 487 g/mol. The number of nitrogens with one attached hydrogen (secondary N) is 1. The van der Waals surface area contributed by atoms with E-state index in [4.69, 9.17) is 43.1 Å². The van der Waals surface area contributed by atoms with Gasteiger partial charge in [0.15, 0.2) is 0 Å². The van der Waals surface area contributed by atoms with Crippen LogP contribution in [0.5, 0.6) is 0 Å². The molecule has 36 heavy (non-hydrogen) atoms. The van der Waals surface area contributed by atoms with Crippen molar-refractivity contribution in [2.45, 2.75) is 36.1 Å². The molecule has 0 unspecified atom stereocenters. The molecule has 1 atom stereocenters. The third-order valence-electron chi connectivity index (χ3n) is 6.26. The normalized spacial score (nSPS) is 20.5. The van der Waals surface area contributed by atoms with Crippen molar-refractivity contribution in [3.63, 3.8) is 0 Å². The topological polar surface area (TPSA) is 86.8 Å². The Labute approximate surface area is 215 Å². The first kappa shape index (κ1) is 26.0. The van der Waals surface area contributed by atoms with Gasteiger partial charge in [0.1, 0.15) is 7.85 Å². The SMILES string of the molecule is [B]N1C(=O)CC[C@]([B])(N2Cc3cc(C([B])([B])NC(=O)C(F)(F)c4ccc(Cl)cc4)ccc3C2=O)C1=O. The Morgan fingerprint density at radius 3 is 2.31 bits per heavy atom. The van der Waals surface area contributed by atoms with Crippen LogP contribution in [0.15, 0.2) is 42.5 Å². The number of piperidine rings is 1. The van der Waals surface area contributed by atoms with Gasteiger partial charge >= 0.3 is 5.92 Å². The summed E-state index contributed by atoms with van der Waals surface area (Å²) in [7, 11) is 23.7. The number of amides is 4. The Balaban J connectivity index is 1.57. The summed E-state index contributed by atoms with van der Waals surface area (Å²) in [6.45, 7) is -0.169. The molecule has 4 amide bonds. The van der Waals surface area contributed by atoms with Crippen LogP contribution in [0.4, 0.5) is 8.78 Å². The van der Waals surface area contributed by atoms with Crippen molar-refractivity contribution in [1.82, 2.24) is 15.0 Å². The van der Waals surface area contributed by atoms with Gasteiger partial charge in [-0.3, -0.25) is 19.2 Å². The van der Waals surface area contributed by atoms with E-state index in [1.54, 1.807) is 0 Å². The van der Waals surface area contributed by atoms with E-state index in [1.165, 1.54) is 30.3 Å². The van der Waals surface area contributed by atoms with Crippen molar-refractivity contribution in [1.29, 1.82) is 0 Å². The van der Waals surface area contributed by atoms with Gasteiger partial charge in [-0.1, -0.05) is 35.9 Å². The number of carbonyl (C=O) groups is 4. The monoisotopic (exact) mass is 501 g/mol. The van der Waals surface area contributed by atoms with Crippen LogP contribution in [0.2, 0.25) is 5.02 Å². The molecule has 0 aromatic heterocycles. The van der Waals surface area contributed by atoms with E-state index in [0.29, 0.717) is 10.4 Å². The van der Waals surface area contributed by atoms with Crippen LogP contribution < -0.4 is 5.32 Å². The molecule has 0 bridgehead atoms. The smallest absolute Gasteiger partial charge is 0.349 e. The highest BCUT2D eigenvalue weighted by Crippen LogP contribution is 2.36. The van der Waals surface area contributed by atoms with Crippen molar-refractivity contribution in [3.8, 4) is 0 Å². The summed E-state index contributed by atoms with van der Waals surface area (Å²) in [5, 5.41) is -0.115. The van der Waals surface area contributed by atoms with Crippen LogP contribution in [-0.2, 0) is 32.2 Å². The molecule has 1 fully saturated rings. The van der Waals surface area contributed by atoms with Crippen molar-refractivity contribution < 1.29 is 28.0 Å². The number of imide groups is 1. The predicted molar refractivity (Wildman–Crippen MR) is 128 cm³/mol. The van der Waals surface area contributed by atoms with Gasteiger partial charge in [-0.25, -0.2) is 0 Å². The number of fused-ring (bicyclic) bond motifs is 1. The zero-order valence-corrected chi connectivity index (χ0v) is 19.4. The second-order valence-corrected chi connectivity index (χ2v) is 9.10. The zero-order chi connectivity index (χ0) is 26.6. The highest BCUT2D eigenvalue weighted by molar-refractivity contribution is 6.41. The molecule has 4 rings (SSSR count). The number of hydrogen-bond donors (Lipinski definition) is 1. The highest BCUT2D eigenvalue weighted by atomic mass is 35.5. The summed E-state index contributed by atoms with van der Waals surface area (Å²) in [5.74, 6) is -7.90. The van der Waals surface area contributed by atoms with E-state index in [0.717, 1.165) is 17.0 Å². The molecule has 0 aliphatic carbocycles. The molecule has 0 saturated carbocycles. The Morgan fingerprint density at radius 2 is 1.67 bits per heavy atom.